The van der Waals surface area contributed by atoms with Crippen LogP contribution in [0.1, 0.15) is 19.4 Å². The van der Waals surface area contributed by atoms with Crippen LogP contribution in [0.15, 0.2) is 30.5 Å². The van der Waals surface area contributed by atoms with Crippen molar-refractivity contribution in [1.82, 2.24) is 15.1 Å². The first kappa shape index (κ1) is 17.6. The highest BCUT2D eigenvalue weighted by molar-refractivity contribution is 7.91. The summed E-state index contributed by atoms with van der Waals surface area (Å²) in [6, 6.07) is 6.04. The van der Waals surface area contributed by atoms with Crippen LogP contribution in [0, 0.1) is 5.82 Å². The van der Waals surface area contributed by atoms with E-state index in [4.69, 9.17) is 0 Å². The fourth-order valence-electron chi connectivity index (χ4n) is 2.43. The fraction of sp³-hybridized carbons (Fsp3) is 0.438. The molecule has 0 radical (unpaired) electrons. The molecular weight excluding hydrogens is 317 g/mol. The summed E-state index contributed by atoms with van der Waals surface area (Å²) in [4.78, 5) is 1.98. The highest BCUT2D eigenvalue weighted by atomic mass is 32.2. The van der Waals surface area contributed by atoms with Gasteiger partial charge in [0.25, 0.3) is 0 Å². The Labute approximate surface area is 136 Å². The van der Waals surface area contributed by atoms with Gasteiger partial charge in [0.15, 0.2) is 9.84 Å². The number of nitrogens with zero attached hydrogens (tertiary/aromatic N) is 2. The van der Waals surface area contributed by atoms with E-state index in [-0.39, 0.29) is 11.9 Å². The van der Waals surface area contributed by atoms with Crippen molar-refractivity contribution in [2.45, 2.75) is 31.7 Å². The zero-order valence-corrected chi connectivity index (χ0v) is 14.6. The molecule has 1 aromatic carbocycles. The molecule has 2 aromatic rings. The average Bonchev–Trinajstić information content (AvgIpc) is 2.93. The first-order valence-electron chi connectivity index (χ1n) is 7.37. The third kappa shape index (κ3) is 4.17. The second-order valence-corrected chi connectivity index (χ2v) is 8.37. The topological polar surface area (TPSA) is 66.1 Å². The quantitative estimate of drug-likeness (QED) is 0.878. The lowest BCUT2D eigenvalue weighted by molar-refractivity contribution is 0.245. The van der Waals surface area contributed by atoms with Gasteiger partial charge in [0, 0.05) is 30.0 Å². The van der Waals surface area contributed by atoms with Crippen LogP contribution in [0.3, 0.4) is 0 Å². The maximum Gasteiger partial charge on any atom is 0.151 e. The Hall–Kier alpha value is -1.73. The van der Waals surface area contributed by atoms with Crippen LogP contribution >= 0.6 is 0 Å². The zero-order chi connectivity index (χ0) is 17.2. The summed E-state index contributed by atoms with van der Waals surface area (Å²) in [5, 5.41) is 6.53. The van der Waals surface area contributed by atoms with Crippen LogP contribution in [-0.2, 0) is 16.4 Å². The molecule has 23 heavy (non-hydrogen) atoms. The number of hydrogen-bond donors (Lipinski definition) is 1. The van der Waals surface area contributed by atoms with Gasteiger partial charge in [-0.05, 0) is 45.2 Å². The molecular formula is C16H22FN3O2S. The zero-order valence-electron chi connectivity index (χ0n) is 13.7. The lowest BCUT2D eigenvalue weighted by Gasteiger charge is -2.28. The van der Waals surface area contributed by atoms with Crippen LogP contribution in [-0.4, -0.2) is 48.1 Å². The van der Waals surface area contributed by atoms with Crippen molar-refractivity contribution in [2.75, 3.05) is 13.3 Å². The van der Waals surface area contributed by atoms with Gasteiger partial charge in [-0.2, -0.15) is 5.10 Å². The molecule has 0 spiro atoms. The van der Waals surface area contributed by atoms with Gasteiger partial charge in [-0.3, -0.25) is 10.00 Å². The van der Waals surface area contributed by atoms with Gasteiger partial charge in [0.1, 0.15) is 5.82 Å². The molecule has 0 amide bonds. The summed E-state index contributed by atoms with van der Waals surface area (Å²) < 4.78 is 36.5. The van der Waals surface area contributed by atoms with Crippen molar-refractivity contribution in [3.63, 3.8) is 0 Å². The highest BCUT2D eigenvalue weighted by Crippen LogP contribution is 2.23. The van der Waals surface area contributed by atoms with Crippen molar-refractivity contribution in [3.05, 3.63) is 41.8 Å². The highest BCUT2D eigenvalue weighted by Gasteiger charge is 2.26. The third-order valence-electron chi connectivity index (χ3n) is 4.32. The number of hydrogen-bond acceptors (Lipinski definition) is 4. The summed E-state index contributed by atoms with van der Waals surface area (Å²) in [6.45, 7) is 4.15. The minimum absolute atomic E-state index is 0.138. The molecule has 0 aliphatic heterocycles. The summed E-state index contributed by atoms with van der Waals surface area (Å²) >= 11 is 0. The van der Waals surface area contributed by atoms with E-state index in [1.807, 2.05) is 18.9 Å². The summed E-state index contributed by atoms with van der Waals surface area (Å²) in [5.74, 6) is -0.289. The maximum atomic E-state index is 13.1. The Morgan fingerprint density at radius 1 is 1.26 bits per heavy atom. The van der Waals surface area contributed by atoms with Crippen molar-refractivity contribution >= 4 is 9.84 Å². The summed E-state index contributed by atoms with van der Waals surface area (Å²) in [6.07, 6.45) is 2.97. The lowest BCUT2D eigenvalue weighted by Crippen LogP contribution is -2.40. The molecule has 5 nitrogen and oxygen atoms in total. The molecule has 0 unspecified atom stereocenters. The summed E-state index contributed by atoms with van der Waals surface area (Å²) in [7, 11) is -1.22. The molecule has 126 valence electrons. The van der Waals surface area contributed by atoms with Gasteiger partial charge in [-0.1, -0.05) is 0 Å². The molecule has 7 heteroatoms. The normalized spacial score (nSPS) is 14.9. The molecule has 0 fully saturated rings. The number of rotatable bonds is 6. The second-order valence-electron chi connectivity index (χ2n) is 5.97. The van der Waals surface area contributed by atoms with Gasteiger partial charge < -0.3 is 0 Å². The van der Waals surface area contributed by atoms with Gasteiger partial charge in [-0.15, -0.1) is 0 Å². The minimum Gasteiger partial charge on any atom is -0.298 e. The third-order valence-corrected chi connectivity index (χ3v) is 6.07. The van der Waals surface area contributed by atoms with Gasteiger partial charge in [-0.25, -0.2) is 12.8 Å². The number of halogens is 1. The Bertz CT molecular complexity index is 756. The number of aromatic amines is 1. The molecule has 0 saturated carbocycles. The molecule has 1 N–H and O–H groups in total. The van der Waals surface area contributed by atoms with Crippen molar-refractivity contribution in [2.24, 2.45) is 0 Å². The van der Waals surface area contributed by atoms with Crippen LogP contribution in [0.5, 0.6) is 0 Å². The van der Waals surface area contributed by atoms with Gasteiger partial charge >= 0.3 is 0 Å². The Morgan fingerprint density at radius 2 is 1.87 bits per heavy atom. The van der Waals surface area contributed by atoms with Crippen molar-refractivity contribution in [3.8, 4) is 11.3 Å². The number of sulfone groups is 1. The largest absolute Gasteiger partial charge is 0.298 e. The van der Waals surface area contributed by atoms with Crippen molar-refractivity contribution < 1.29 is 12.8 Å². The van der Waals surface area contributed by atoms with E-state index in [0.29, 0.717) is 6.54 Å². The number of nitrogens with one attached hydrogen (secondary N) is 1. The van der Waals surface area contributed by atoms with E-state index in [1.54, 1.807) is 25.3 Å². The first-order valence-corrected chi connectivity index (χ1v) is 9.33. The van der Waals surface area contributed by atoms with Crippen LogP contribution in [0.2, 0.25) is 0 Å². The monoisotopic (exact) mass is 339 g/mol. The first-order chi connectivity index (χ1) is 10.7. The van der Waals surface area contributed by atoms with E-state index in [2.05, 4.69) is 10.2 Å². The summed E-state index contributed by atoms with van der Waals surface area (Å²) in [5.41, 5.74) is 2.60. The SMILES string of the molecule is C[C@H]([C@H](C)S(C)(=O)=O)N(C)Cc1cn[nH]c1-c1ccc(F)cc1. The predicted octanol–water partition coefficient (Wildman–Crippen LogP) is 2.47. The molecule has 0 aliphatic carbocycles. The Balaban J connectivity index is 2.18. The van der Waals surface area contributed by atoms with E-state index in [0.717, 1.165) is 16.8 Å². The second kappa shape index (κ2) is 6.80. The van der Waals surface area contributed by atoms with Crippen LogP contribution in [0.25, 0.3) is 11.3 Å². The van der Waals surface area contributed by atoms with Crippen LogP contribution in [0.4, 0.5) is 4.39 Å². The number of benzene rings is 1. The number of H-pyrrole nitrogens is 1. The Morgan fingerprint density at radius 3 is 2.43 bits per heavy atom. The molecule has 1 aromatic heterocycles. The molecule has 0 bridgehead atoms. The minimum atomic E-state index is -3.10. The van der Waals surface area contributed by atoms with Gasteiger partial charge in [0.05, 0.1) is 17.1 Å². The number of aromatic nitrogens is 2. The standard InChI is InChI=1S/C16H22FN3O2S/c1-11(12(2)23(4,21)22)20(3)10-14-9-18-19-16(14)13-5-7-15(17)8-6-13/h5-9,11-12H,10H2,1-4H3,(H,18,19)/t11-,12+/m1/s1. The molecule has 1 heterocycles. The smallest absolute Gasteiger partial charge is 0.151 e. The van der Waals surface area contributed by atoms with Gasteiger partial charge in [0.2, 0.25) is 0 Å². The fourth-order valence-corrected chi connectivity index (χ4v) is 3.35. The Kier molecular flexibility index (Phi) is 5.21. The van der Waals surface area contributed by atoms with E-state index in [1.165, 1.54) is 18.4 Å². The van der Waals surface area contributed by atoms with Crippen molar-refractivity contribution in [1.29, 1.82) is 0 Å². The molecule has 2 rings (SSSR count). The molecule has 2 atom stereocenters. The average molecular weight is 339 g/mol. The lowest BCUT2D eigenvalue weighted by atomic mass is 10.1. The van der Waals surface area contributed by atoms with E-state index < -0.39 is 15.1 Å². The van der Waals surface area contributed by atoms with E-state index in [9.17, 15) is 12.8 Å². The predicted molar refractivity (Wildman–Crippen MR) is 89.2 cm³/mol. The molecule has 0 aliphatic rings. The van der Waals surface area contributed by atoms with E-state index >= 15 is 0 Å². The maximum absolute atomic E-state index is 13.1. The van der Waals surface area contributed by atoms with Crippen LogP contribution < -0.4 is 0 Å². The molecule has 0 saturated heterocycles.